The van der Waals surface area contributed by atoms with Gasteiger partial charge in [-0.25, -0.2) is 8.78 Å². The van der Waals surface area contributed by atoms with E-state index in [1.165, 1.54) is 6.92 Å². The van der Waals surface area contributed by atoms with Crippen molar-refractivity contribution >= 4 is 5.78 Å². The minimum atomic E-state index is -0.969. The second-order valence-corrected chi connectivity index (χ2v) is 3.92. The van der Waals surface area contributed by atoms with Gasteiger partial charge >= 0.3 is 0 Å². The van der Waals surface area contributed by atoms with Crippen molar-refractivity contribution in [3.05, 3.63) is 29.3 Å². The highest BCUT2D eigenvalue weighted by atomic mass is 19.2. The maximum absolute atomic E-state index is 13.0. The number of ketones is 1. The van der Waals surface area contributed by atoms with Crippen LogP contribution in [0.15, 0.2) is 12.1 Å². The van der Waals surface area contributed by atoms with Crippen molar-refractivity contribution in [1.82, 2.24) is 0 Å². The number of ether oxygens (including phenoxy) is 1. The highest BCUT2D eigenvalue weighted by molar-refractivity contribution is 5.78. The van der Waals surface area contributed by atoms with Crippen LogP contribution in [0.5, 0.6) is 5.75 Å². The van der Waals surface area contributed by atoms with Crippen molar-refractivity contribution in [2.75, 3.05) is 0 Å². The monoisotopic (exact) mass is 228 g/mol. The van der Waals surface area contributed by atoms with E-state index in [-0.39, 0.29) is 24.1 Å². The Morgan fingerprint density at radius 2 is 1.88 bits per heavy atom. The molecule has 0 amide bonds. The molecule has 0 aromatic heterocycles. The number of hydrogen-bond acceptors (Lipinski definition) is 2. The van der Waals surface area contributed by atoms with Gasteiger partial charge in [-0.3, -0.25) is 4.79 Å². The van der Waals surface area contributed by atoms with Crippen LogP contribution in [0, 0.1) is 11.6 Å². The molecule has 0 aliphatic carbocycles. The molecule has 1 aromatic rings. The molecule has 0 saturated carbocycles. The molecule has 0 unspecified atom stereocenters. The highest BCUT2D eigenvalue weighted by Gasteiger charge is 2.13. The summed E-state index contributed by atoms with van der Waals surface area (Å²) in [6, 6.07) is 1.99. The minimum Gasteiger partial charge on any atom is -0.491 e. The lowest BCUT2D eigenvalue weighted by atomic mass is 10.1. The largest absolute Gasteiger partial charge is 0.491 e. The van der Waals surface area contributed by atoms with Crippen molar-refractivity contribution in [2.45, 2.75) is 33.3 Å². The van der Waals surface area contributed by atoms with Crippen LogP contribution in [0.25, 0.3) is 0 Å². The maximum Gasteiger partial charge on any atom is 0.162 e. The average Bonchev–Trinajstić information content (AvgIpc) is 2.11. The number of benzene rings is 1. The normalized spacial score (nSPS) is 10.6. The molecule has 0 heterocycles. The highest BCUT2D eigenvalue weighted by Crippen LogP contribution is 2.24. The molecule has 16 heavy (non-hydrogen) atoms. The summed E-state index contributed by atoms with van der Waals surface area (Å²) in [7, 11) is 0. The zero-order chi connectivity index (χ0) is 12.3. The number of halogens is 2. The Hall–Kier alpha value is -1.45. The summed E-state index contributed by atoms with van der Waals surface area (Å²) in [5.41, 5.74) is 0.375. The lowest BCUT2D eigenvalue weighted by molar-refractivity contribution is -0.116. The van der Waals surface area contributed by atoms with Gasteiger partial charge in [-0.15, -0.1) is 0 Å². The van der Waals surface area contributed by atoms with Crippen molar-refractivity contribution in [1.29, 1.82) is 0 Å². The van der Waals surface area contributed by atoms with Crippen molar-refractivity contribution in [2.24, 2.45) is 0 Å². The van der Waals surface area contributed by atoms with Crippen LogP contribution in [-0.2, 0) is 11.2 Å². The Kier molecular flexibility index (Phi) is 3.99. The summed E-state index contributed by atoms with van der Waals surface area (Å²) in [6.07, 6.45) is -0.116. The zero-order valence-corrected chi connectivity index (χ0v) is 9.51. The maximum atomic E-state index is 13.0. The Morgan fingerprint density at radius 1 is 1.31 bits per heavy atom. The molecule has 1 rings (SSSR count). The SMILES string of the molecule is CC(=O)Cc1cc(F)c(F)cc1OC(C)C. The third-order valence-corrected chi connectivity index (χ3v) is 1.91. The Bertz CT molecular complexity index is 400. The molecule has 88 valence electrons. The molecule has 0 spiro atoms. The van der Waals surface area contributed by atoms with Gasteiger partial charge in [0.15, 0.2) is 11.6 Å². The molecule has 0 N–H and O–H groups in total. The summed E-state index contributed by atoms with van der Waals surface area (Å²) in [4.78, 5) is 11.0. The molecule has 4 heteroatoms. The third-order valence-electron chi connectivity index (χ3n) is 1.91. The van der Waals surface area contributed by atoms with Gasteiger partial charge in [-0.05, 0) is 26.8 Å². The van der Waals surface area contributed by atoms with Crippen molar-refractivity contribution in [3.63, 3.8) is 0 Å². The van der Waals surface area contributed by atoms with Gasteiger partial charge in [0.1, 0.15) is 11.5 Å². The lowest BCUT2D eigenvalue weighted by Crippen LogP contribution is -2.10. The fraction of sp³-hybridized carbons (Fsp3) is 0.417. The smallest absolute Gasteiger partial charge is 0.162 e. The summed E-state index contributed by atoms with van der Waals surface area (Å²) in [5.74, 6) is -1.83. The molecular formula is C12H14F2O2. The van der Waals surface area contributed by atoms with Gasteiger partial charge in [0.2, 0.25) is 0 Å². The van der Waals surface area contributed by atoms with Gasteiger partial charge in [-0.2, -0.15) is 0 Å². The molecule has 1 aromatic carbocycles. The van der Waals surface area contributed by atoms with Crippen LogP contribution >= 0.6 is 0 Å². The third kappa shape index (κ3) is 3.29. The standard InChI is InChI=1S/C12H14F2O2/c1-7(2)16-12-6-11(14)10(13)5-9(12)4-8(3)15/h5-7H,4H2,1-3H3. The summed E-state index contributed by atoms with van der Waals surface area (Å²) < 4.78 is 31.3. The average molecular weight is 228 g/mol. The van der Waals surface area contributed by atoms with E-state index in [1.54, 1.807) is 13.8 Å². The Labute approximate surface area is 93.2 Å². The Morgan fingerprint density at radius 3 is 2.38 bits per heavy atom. The van der Waals surface area contributed by atoms with E-state index < -0.39 is 11.6 Å². The van der Waals surface area contributed by atoms with Crippen molar-refractivity contribution in [3.8, 4) is 5.75 Å². The first-order valence-electron chi connectivity index (χ1n) is 5.04. The van der Waals surface area contributed by atoms with Gasteiger partial charge in [0.25, 0.3) is 0 Å². The van der Waals surface area contributed by atoms with Crippen LogP contribution in [0.4, 0.5) is 8.78 Å². The Balaban J connectivity index is 3.11. The van der Waals surface area contributed by atoms with Crippen LogP contribution in [0.2, 0.25) is 0 Å². The van der Waals surface area contributed by atoms with E-state index in [1.807, 2.05) is 0 Å². The number of rotatable bonds is 4. The van der Waals surface area contributed by atoms with E-state index in [9.17, 15) is 13.6 Å². The summed E-state index contributed by atoms with van der Waals surface area (Å²) in [5, 5.41) is 0. The van der Waals surface area contributed by atoms with E-state index >= 15 is 0 Å². The molecule has 0 radical (unpaired) electrons. The molecule has 0 saturated heterocycles. The molecule has 2 nitrogen and oxygen atoms in total. The fourth-order valence-corrected chi connectivity index (χ4v) is 1.34. The van der Waals surface area contributed by atoms with Crippen LogP contribution in [0.3, 0.4) is 0 Å². The summed E-state index contributed by atoms with van der Waals surface area (Å²) in [6.45, 7) is 4.94. The number of carbonyl (C=O) groups is 1. The van der Waals surface area contributed by atoms with E-state index in [0.29, 0.717) is 5.56 Å². The van der Waals surface area contributed by atoms with Gasteiger partial charge < -0.3 is 4.74 Å². The fourth-order valence-electron chi connectivity index (χ4n) is 1.34. The van der Waals surface area contributed by atoms with E-state index in [2.05, 4.69) is 0 Å². The van der Waals surface area contributed by atoms with Crippen molar-refractivity contribution < 1.29 is 18.3 Å². The molecule has 0 aliphatic rings. The van der Waals surface area contributed by atoms with E-state index in [4.69, 9.17) is 4.74 Å². The van der Waals surface area contributed by atoms with Gasteiger partial charge in [-0.1, -0.05) is 0 Å². The van der Waals surface area contributed by atoms with Crippen LogP contribution in [0.1, 0.15) is 26.3 Å². The van der Waals surface area contributed by atoms with E-state index in [0.717, 1.165) is 12.1 Å². The lowest BCUT2D eigenvalue weighted by Gasteiger charge is -2.14. The number of hydrogen-bond donors (Lipinski definition) is 0. The molecular weight excluding hydrogens is 214 g/mol. The van der Waals surface area contributed by atoms with Gasteiger partial charge in [0, 0.05) is 18.1 Å². The first-order valence-corrected chi connectivity index (χ1v) is 5.04. The summed E-state index contributed by atoms with van der Waals surface area (Å²) >= 11 is 0. The second kappa shape index (κ2) is 5.05. The van der Waals surface area contributed by atoms with Crippen LogP contribution in [-0.4, -0.2) is 11.9 Å². The number of carbonyl (C=O) groups excluding carboxylic acids is 1. The molecule has 0 fully saturated rings. The second-order valence-electron chi connectivity index (χ2n) is 3.92. The minimum absolute atomic E-state index is 0.0409. The quantitative estimate of drug-likeness (QED) is 0.792. The molecule has 0 bridgehead atoms. The topological polar surface area (TPSA) is 26.3 Å². The predicted molar refractivity (Wildman–Crippen MR) is 56.5 cm³/mol. The molecule has 0 aliphatic heterocycles. The van der Waals surface area contributed by atoms with Gasteiger partial charge in [0.05, 0.1) is 6.10 Å². The molecule has 0 atom stereocenters. The first-order chi connectivity index (χ1) is 7.40. The number of Topliss-reactive ketones (excluding diaryl/α,β-unsaturated/α-hetero) is 1. The first kappa shape index (κ1) is 12.6. The van der Waals surface area contributed by atoms with Crippen LogP contribution < -0.4 is 4.74 Å². The zero-order valence-electron chi connectivity index (χ0n) is 9.51. The predicted octanol–water partition coefficient (Wildman–Crippen LogP) is 2.88.